The van der Waals surface area contributed by atoms with Crippen molar-refractivity contribution in [2.24, 2.45) is 10.8 Å². The number of hydrogen-bond donors (Lipinski definition) is 3. The number of nitrogens with one attached hydrogen (secondary N) is 1. The van der Waals surface area contributed by atoms with Crippen LogP contribution in [-0.4, -0.2) is 17.4 Å². The first kappa shape index (κ1) is 9.21. The fraction of sp³-hybridized carbons (Fsp3) is 0. The molecule has 4 N–H and O–H groups in total. The number of urea groups is 1. The lowest BCUT2D eigenvalue weighted by atomic mass is 10.2. The summed E-state index contributed by atoms with van der Waals surface area (Å²) < 4.78 is 0. The van der Waals surface area contributed by atoms with E-state index in [1.807, 2.05) is 5.43 Å². The van der Waals surface area contributed by atoms with Gasteiger partial charge in [0, 0.05) is 11.8 Å². The van der Waals surface area contributed by atoms with Crippen LogP contribution in [0.15, 0.2) is 29.3 Å². The number of rotatable bonds is 1. The van der Waals surface area contributed by atoms with Gasteiger partial charge in [-0.05, 0) is 12.1 Å². The quantitative estimate of drug-likeness (QED) is 0.252. The molecule has 0 saturated carbocycles. The van der Waals surface area contributed by atoms with Crippen molar-refractivity contribution >= 4 is 12.2 Å². The Hall–Kier alpha value is -1.88. The lowest BCUT2D eigenvalue weighted by Crippen LogP contribution is -2.26. The van der Waals surface area contributed by atoms with Crippen molar-refractivity contribution in [1.29, 1.82) is 0 Å². The molecule has 1 rings (SSSR count). The van der Waals surface area contributed by atoms with Crippen molar-refractivity contribution in [2.45, 2.75) is 0 Å². The number of nitrogens with zero attached hydrogens (tertiary/aromatic N) is 1. The molecule has 0 heterocycles. The molecule has 0 spiro atoms. The molecular formula is C8H9N3O2. The van der Waals surface area contributed by atoms with Crippen LogP contribution >= 0.6 is 0 Å². The highest BCUT2D eigenvalue weighted by Gasteiger charge is 1.96. The predicted molar refractivity (Wildman–Crippen MR) is 48.4 cm³/mol. The Morgan fingerprint density at radius 3 is 2.85 bits per heavy atom. The highest BCUT2D eigenvalue weighted by Crippen LogP contribution is 2.12. The van der Waals surface area contributed by atoms with Gasteiger partial charge in [-0.2, -0.15) is 0 Å². The van der Waals surface area contributed by atoms with Crippen molar-refractivity contribution in [1.82, 2.24) is 5.43 Å². The number of carbonyl (C=O) groups excluding carboxylic acids is 1. The summed E-state index contributed by atoms with van der Waals surface area (Å²) in [6, 6.07) is 5.87. The summed E-state index contributed by atoms with van der Waals surface area (Å²) in [7, 11) is 0. The molecule has 0 bridgehead atoms. The van der Waals surface area contributed by atoms with Crippen LogP contribution in [0.5, 0.6) is 5.75 Å². The predicted octanol–water partition coefficient (Wildman–Crippen LogP) is 0.394. The molecule has 0 aromatic heterocycles. The Morgan fingerprint density at radius 1 is 1.54 bits per heavy atom. The van der Waals surface area contributed by atoms with Gasteiger partial charge in [0.25, 0.3) is 0 Å². The number of phenolic OH excluding ortho intramolecular Hbond substituents is 1. The molecule has 0 aliphatic heterocycles. The van der Waals surface area contributed by atoms with Gasteiger partial charge < -0.3 is 5.11 Å². The van der Waals surface area contributed by atoms with Gasteiger partial charge in [0.05, 0.1) is 0 Å². The number of carbonyl (C=O) groups is 1. The molecule has 13 heavy (non-hydrogen) atoms. The minimum absolute atomic E-state index is 0.0658. The first-order valence-electron chi connectivity index (χ1n) is 3.56. The number of para-hydroxylation sites is 1. The third-order valence-electron chi connectivity index (χ3n) is 1.38. The number of aromatic hydroxyl groups is 1. The largest absolute Gasteiger partial charge is 0.507 e. The van der Waals surface area contributed by atoms with E-state index >= 15 is 0 Å². The summed E-state index contributed by atoms with van der Waals surface area (Å²) in [6.45, 7) is 0. The second kappa shape index (κ2) is 4.22. The van der Waals surface area contributed by atoms with Gasteiger partial charge in [0.1, 0.15) is 5.75 Å². The Labute approximate surface area is 74.9 Å². The van der Waals surface area contributed by atoms with Gasteiger partial charge in [-0.3, -0.25) is 5.43 Å². The van der Waals surface area contributed by atoms with Crippen LogP contribution in [0.25, 0.3) is 0 Å². The smallest absolute Gasteiger partial charge is 0.355 e. The van der Waals surface area contributed by atoms with Crippen LogP contribution in [0.3, 0.4) is 0 Å². The normalized spacial score (nSPS) is 10.2. The minimum Gasteiger partial charge on any atom is -0.507 e. The molecule has 5 nitrogen and oxygen atoms in total. The van der Waals surface area contributed by atoms with E-state index in [2.05, 4.69) is 4.99 Å². The van der Waals surface area contributed by atoms with Crippen molar-refractivity contribution in [3.63, 3.8) is 0 Å². The molecule has 1 aromatic carbocycles. The summed E-state index contributed by atoms with van der Waals surface area (Å²) in [5.41, 5.74) is 2.30. The number of aliphatic imine (C=N–C) groups is 1. The van der Waals surface area contributed by atoms with Gasteiger partial charge in [-0.15, -0.1) is 0 Å². The summed E-state index contributed by atoms with van der Waals surface area (Å²) in [5, 5.41) is 9.24. The maximum atomic E-state index is 10.6. The zero-order chi connectivity index (χ0) is 9.68. The lowest BCUT2D eigenvalue weighted by Gasteiger charge is -1.95. The Kier molecular flexibility index (Phi) is 2.99. The molecule has 0 unspecified atom stereocenters. The number of hydrogen-bond acceptors (Lipinski definition) is 3. The van der Waals surface area contributed by atoms with E-state index in [1.165, 1.54) is 12.3 Å². The standard InChI is InChI=1S/C8H9N3O2/c9-11-8(13)10-5-6-3-1-2-4-7(6)12/h1-5,12H,9H2,(H,11,13)/b10-5+. The van der Waals surface area contributed by atoms with Gasteiger partial charge in [0.2, 0.25) is 0 Å². The van der Waals surface area contributed by atoms with E-state index in [1.54, 1.807) is 18.2 Å². The number of hydrazine groups is 1. The number of phenols is 1. The van der Waals surface area contributed by atoms with E-state index in [4.69, 9.17) is 5.84 Å². The van der Waals surface area contributed by atoms with Crippen LogP contribution in [0.4, 0.5) is 4.79 Å². The molecule has 68 valence electrons. The van der Waals surface area contributed by atoms with Crippen LogP contribution in [0.1, 0.15) is 5.56 Å². The second-order valence-electron chi connectivity index (χ2n) is 2.27. The second-order valence-corrected chi connectivity index (χ2v) is 2.27. The van der Waals surface area contributed by atoms with E-state index in [0.29, 0.717) is 5.56 Å². The molecule has 5 heteroatoms. The van der Waals surface area contributed by atoms with E-state index in [0.717, 1.165) is 0 Å². The lowest BCUT2D eigenvalue weighted by molar-refractivity contribution is 0.249. The highest BCUT2D eigenvalue weighted by molar-refractivity contribution is 5.92. The van der Waals surface area contributed by atoms with Gasteiger partial charge in [0.15, 0.2) is 0 Å². The molecule has 0 saturated heterocycles. The zero-order valence-electron chi connectivity index (χ0n) is 6.77. The van der Waals surface area contributed by atoms with Crippen molar-refractivity contribution in [3.05, 3.63) is 29.8 Å². The third kappa shape index (κ3) is 2.57. The SMILES string of the molecule is NNC(=O)/N=C/c1ccccc1O. The fourth-order valence-corrected chi connectivity index (χ4v) is 0.762. The first-order valence-corrected chi connectivity index (χ1v) is 3.56. The fourth-order valence-electron chi connectivity index (χ4n) is 0.762. The Bertz CT molecular complexity index is 336. The average Bonchev–Trinajstić information content (AvgIpc) is 2.16. The van der Waals surface area contributed by atoms with Gasteiger partial charge >= 0.3 is 6.03 Å². The highest BCUT2D eigenvalue weighted by atomic mass is 16.3. The zero-order valence-corrected chi connectivity index (χ0v) is 6.77. The third-order valence-corrected chi connectivity index (χ3v) is 1.38. The number of amides is 2. The minimum atomic E-state index is -0.664. The van der Waals surface area contributed by atoms with Crippen LogP contribution in [-0.2, 0) is 0 Å². The van der Waals surface area contributed by atoms with E-state index in [9.17, 15) is 9.90 Å². The van der Waals surface area contributed by atoms with Gasteiger partial charge in [-0.1, -0.05) is 12.1 Å². The van der Waals surface area contributed by atoms with E-state index < -0.39 is 6.03 Å². The van der Waals surface area contributed by atoms with Crippen LogP contribution < -0.4 is 11.3 Å². The maximum Gasteiger partial charge on any atom is 0.355 e. The maximum absolute atomic E-state index is 10.6. The molecular weight excluding hydrogens is 170 g/mol. The van der Waals surface area contributed by atoms with Crippen molar-refractivity contribution in [3.8, 4) is 5.75 Å². The Morgan fingerprint density at radius 2 is 2.23 bits per heavy atom. The molecule has 0 radical (unpaired) electrons. The summed E-state index contributed by atoms with van der Waals surface area (Å²) >= 11 is 0. The Balaban J connectivity index is 2.80. The molecule has 0 fully saturated rings. The molecule has 2 amide bonds. The van der Waals surface area contributed by atoms with Crippen LogP contribution in [0.2, 0.25) is 0 Å². The van der Waals surface area contributed by atoms with E-state index in [-0.39, 0.29) is 5.75 Å². The summed E-state index contributed by atoms with van der Waals surface area (Å²) in [6.07, 6.45) is 1.23. The summed E-state index contributed by atoms with van der Waals surface area (Å²) in [4.78, 5) is 14.0. The number of nitrogens with two attached hydrogens (primary N) is 1. The first-order chi connectivity index (χ1) is 6.24. The average molecular weight is 179 g/mol. The summed E-state index contributed by atoms with van der Waals surface area (Å²) in [5.74, 6) is 4.86. The monoisotopic (exact) mass is 179 g/mol. The topological polar surface area (TPSA) is 87.7 Å². The van der Waals surface area contributed by atoms with Gasteiger partial charge in [-0.25, -0.2) is 15.6 Å². The van der Waals surface area contributed by atoms with Crippen molar-refractivity contribution < 1.29 is 9.90 Å². The van der Waals surface area contributed by atoms with Crippen molar-refractivity contribution in [2.75, 3.05) is 0 Å². The molecule has 0 aliphatic carbocycles. The molecule has 1 aromatic rings. The molecule has 0 atom stereocenters. The number of benzene rings is 1. The van der Waals surface area contributed by atoms with Crippen LogP contribution in [0, 0.1) is 0 Å². The molecule has 0 aliphatic rings.